The normalized spacial score (nSPS) is 19.6. The van der Waals surface area contributed by atoms with Gasteiger partial charge in [0.25, 0.3) is 0 Å². The summed E-state index contributed by atoms with van der Waals surface area (Å²) in [5.74, 6) is -11.1. The van der Waals surface area contributed by atoms with Gasteiger partial charge in [-0.15, -0.1) is 0 Å². The molecule has 0 spiro atoms. The van der Waals surface area contributed by atoms with E-state index in [1.54, 1.807) is 162 Å². The van der Waals surface area contributed by atoms with E-state index < -0.39 is 241 Å². The van der Waals surface area contributed by atoms with Crippen LogP contribution in [0.3, 0.4) is 0 Å². The number of ether oxygens (including phenoxy) is 6. The van der Waals surface area contributed by atoms with E-state index in [4.69, 9.17) is 28.4 Å². The van der Waals surface area contributed by atoms with Crippen LogP contribution < -0.4 is 85.1 Å². The molecule has 1 aromatic rings. The van der Waals surface area contributed by atoms with Gasteiger partial charge in [0.15, 0.2) is 0 Å². The Morgan fingerprint density at radius 3 is 1.36 bits per heavy atom. The minimum Gasteiger partial charge on any atom is -0.460 e. The molecule has 1 fully saturated rings. The Hall–Kier alpha value is -10.4. The quantitative estimate of drug-likeness (QED) is 0.0264. The Labute approximate surface area is 722 Å². The number of aliphatic hydroxyl groups is 2. The SMILES string of the molecule is CCCC(C)(C)OC(=O)CCC(=O)N[C@@H](CCNC(=O)OC(C)(C)C)C(=O)N[C@H](C(=O)N[C@@H](CCNC(=O)OC(C)(C)C)C(=O)N[C@H]1CCNC(=O)[C@H]([C@H](C)O)NC(=O)[C@H](CCCNC(=O)OC(C)(C)C)NC(=O)[C@H](CCNC(=O)OC(C)(C)C)NC(=O)[C@H](CC(C)C)NC(=O)[C@@H](Cc2ccccc2)NC(=O)[C@H](CCNC(=O)OC(C)(C)C)NC1)C(C)O. The fourth-order valence-corrected chi connectivity index (χ4v) is 12.0. The number of esters is 1. The van der Waals surface area contributed by atoms with Crippen LogP contribution >= 0.6 is 0 Å². The topological polar surface area (TPSA) is 561 Å². The number of carbonyl (C=O) groups excluding carboxylic acids is 16. The number of hydrogen-bond acceptors (Lipinski definition) is 25. The van der Waals surface area contributed by atoms with Crippen molar-refractivity contribution in [3.05, 3.63) is 35.9 Å². The molecule has 0 saturated carbocycles. The van der Waals surface area contributed by atoms with Crippen LogP contribution in [0.4, 0.5) is 24.0 Å². The zero-order valence-corrected chi connectivity index (χ0v) is 75.9. The number of rotatable bonds is 35. The Morgan fingerprint density at radius 1 is 0.463 bits per heavy atom. The van der Waals surface area contributed by atoms with E-state index in [0.717, 1.165) is 6.92 Å². The number of nitrogens with one attached hydrogen (secondary N) is 16. The predicted octanol–water partition coefficient (Wildman–Crippen LogP) is 2.74. The van der Waals surface area contributed by atoms with Crippen LogP contribution in [0.2, 0.25) is 0 Å². The Bertz CT molecular complexity index is 3640. The van der Waals surface area contributed by atoms with Crippen LogP contribution in [0, 0.1) is 5.92 Å². The lowest BCUT2D eigenvalue weighted by molar-refractivity contribution is -0.158. The molecular weight excluding hydrogens is 1610 g/mol. The monoisotopic (exact) mass is 1750 g/mol. The van der Waals surface area contributed by atoms with E-state index in [1.165, 1.54) is 6.92 Å². The van der Waals surface area contributed by atoms with Gasteiger partial charge in [-0.3, -0.25) is 52.7 Å². The smallest absolute Gasteiger partial charge is 0.407 e. The van der Waals surface area contributed by atoms with Crippen molar-refractivity contribution >= 4 is 95.5 Å². The minimum absolute atomic E-state index is 0.0470. The van der Waals surface area contributed by atoms with Gasteiger partial charge in [-0.25, -0.2) is 24.0 Å². The molecular formula is C83H142N16O24. The van der Waals surface area contributed by atoms with Crippen molar-refractivity contribution in [1.82, 2.24) is 85.1 Å². The number of alkyl carbamates (subject to hydrolysis) is 5. The van der Waals surface area contributed by atoms with Crippen LogP contribution in [0.5, 0.6) is 0 Å². The maximum absolute atomic E-state index is 15.3. The van der Waals surface area contributed by atoms with E-state index in [2.05, 4.69) is 85.1 Å². The lowest BCUT2D eigenvalue weighted by Crippen LogP contribution is -2.61. The molecule has 12 atom stereocenters. The van der Waals surface area contributed by atoms with Crippen molar-refractivity contribution in [2.75, 3.05) is 45.8 Å². The summed E-state index contributed by atoms with van der Waals surface area (Å²) in [5.41, 5.74) is -5.14. The lowest BCUT2D eigenvalue weighted by atomic mass is 10.00. The van der Waals surface area contributed by atoms with Gasteiger partial charge in [0.1, 0.15) is 81.9 Å². The number of aliphatic hydroxyl groups excluding tert-OH is 2. The van der Waals surface area contributed by atoms with Gasteiger partial charge in [0, 0.05) is 64.7 Å². The Balaban J connectivity index is 3.07. The minimum atomic E-state index is -1.95. The third-order valence-corrected chi connectivity index (χ3v) is 17.5. The number of hydrogen-bond donors (Lipinski definition) is 18. The van der Waals surface area contributed by atoms with Crippen molar-refractivity contribution in [2.45, 2.75) is 342 Å². The summed E-state index contributed by atoms with van der Waals surface area (Å²) >= 11 is 0. The number of amides is 15. The van der Waals surface area contributed by atoms with Gasteiger partial charge in [-0.2, -0.15) is 0 Å². The summed E-state index contributed by atoms with van der Waals surface area (Å²) in [6.07, 6.45) is -10.00. The Morgan fingerprint density at radius 2 is 0.886 bits per heavy atom. The lowest BCUT2D eigenvalue weighted by Gasteiger charge is -2.29. The molecule has 0 radical (unpaired) electrons. The maximum atomic E-state index is 15.3. The fourth-order valence-electron chi connectivity index (χ4n) is 12.0. The van der Waals surface area contributed by atoms with Crippen molar-refractivity contribution in [3.63, 3.8) is 0 Å². The van der Waals surface area contributed by atoms with Gasteiger partial charge in [0.05, 0.1) is 24.7 Å². The highest BCUT2D eigenvalue weighted by Crippen LogP contribution is 2.20. The van der Waals surface area contributed by atoms with Crippen LogP contribution in [-0.2, 0) is 87.6 Å². The molecule has 123 heavy (non-hydrogen) atoms. The highest BCUT2D eigenvalue weighted by Gasteiger charge is 2.39. The molecule has 1 saturated heterocycles. The second kappa shape index (κ2) is 51.6. The molecule has 1 aromatic carbocycles. The molecule has 1 aliphatic rings. The third-order valence-electron chi connectivity index (χ3n) is 17.5. The largest absolute Gasteiger partial charge is 0.460 e. The second-order valence-corrected chi connectivity index (χ2v) is 36.4. The molecule has 18 N–H and O–H groups in total. The zero-order valence-electron chi connectivity index (χ0n) is 75.9. The molecule has 40 heteroatoms. The standard InChI is InChI=1S/C83H142N16O24/c1-23-38-83(21,22)118-61(103)32-31-60(102)92-55(35-42-87-75(115)121-80(12,13)14)68(108)99-63(50(5)101)72(112)95-56(36-43-88-76(116)122-81(15,16)17)65(105)91-52-33-40-84-71(111)62(49(4)100)98-67(107)54(30-27-39-85-73(113)119-78(6,7)8)93-66(106)57(37-44-89-77(117)123-82(18,19)20)94-69(109)58(45-48(2)3)96-70(110)59(46-51-28-25-24-26-29-51)97-64(104)53(90-47-52)34-41-86-74(114)120-79(9,10)11/h24-26,28-29,48-50,52-59,62-63,90,100-101H,23,27,30-47H2,1-22H3,(H,84,111)(H,85,113)(H,86,114)(H,87,115)(H,88,116)(H,89,117)(H,91,105)(H,92,102)(H,93,106)(H,94,109)(H,95,112)(H,96,110)(H,97,104)(H,98,107)(H,99,108)/t49-,50?,52-,53-,54-,55-,56-,57-,58-,59+,62-,63-/m0/s1. The Kier molecular flexibility index (Phi) is 45.6. The van der Waals surface area contributed by atoms with E-state index in [-0.39, 0.29) is 83.5 Å². The fraction of sp³-hybridized carbons (Fsp3) is 0.735. The zero-order chi connectivity index (χ0) is 93.6. The van der Waals surface area contributed by atoms with Crippen molar-refractivity contribution in [1.29, 1.82) is 0 Å². The molecule has 0 bridgehead atoms. The highest BCUT2D eigenvalue weighted by molar-refractivity contribution is 5.98. The highest BCUT2D eigenvalue weighted by atomic mass is 16.6. The summed E-state index contributed by atoms with van der Waals surface area (Å²) in [5, 5.41) is 64.8. The molecule has 2 rings (SSSR count). The molecule has 698 valence electrons. The van der Waals surface area contributed by atoms with E-state index in [0.29, 0.717) is 18.4 Å². The molecule has 15 amide bonds. The average molecular weight is 1750 g/mol. The van der Waals surface area contributed by atoms with Crippen LogP contribution in [0.1, 0.15) is 235 Å². The summed E-state index contributed by atoms with van der Waals surface area (Å²) in [4.78, 5) is 226. The molecule has 1 aliphatic heterocycles. The van der Waals surface area contributed by atoms with E-state index in [9.17, 15) is 72.5 Å². The van der Waals surface area contributed by atoms with E-state index >= 15 is 14.4 Å². The van der Waals surface area contributed by atoms with Gasteiger partial charge >= 0.3 is 36.4 Å². The number of benzene rings is 1. The first-order valence-corrected chi connectivity index (χ1v) is 42.0. The predicted molar refractivity (Wildman–Crippen MR) is 453 cm³/mol. The summed E-state index contributed by atoms with van der Waals surface area (Å²) < 4.78 is 32.6. The summed E-state index contributed by atoms with van der Waals surface area (Å²) in [6, 6.07) is -7.68. The maximum Gasteiger partial charge on any atom is 0.407 e. The van der Waals surface area contributed by atoms with Crippen molar-refractivity contribution in [2.24, 2.45) is 5.92 Å². The van der Waals surface area contributed by atoms with Crippen molar-refractivity contribution < 1.29 is 115 Å². The molecule has 1 heterocycles. The first-order chi connectivity index (χ1) is 56.8. The second-order valence-electron chi connectivity index (χ2n) is 36.4. The van der Waals surface area contributed by atoms with Gasteiger partial charge in [0.2, 0.25) is 59.1 Å². The van der Waals surface area contributed by atoms with Crippen LogP contribution in [0.15, 0.2) is 30.3 Å². The van der Waals surface area contributed by atoms with Gasteiger partial charge in [-0.1, -0.05) is 57.5 Å². The summed E-state index contributed by atoms with van der Waals surface area (Å²) in [6.45, 7) is 33.0. The first kappa shape index (κ1) is 109. The molecule has 40 nitrogen and oxygen atoms in total. The van der Waals surface area contributed by atoms with Crippen LogP contribution in [-0.4, -0.2) is 258 Å². The molecule has 0 aliphatic carbocycles. The first-order valence-electron chi connectivity index (χ1n) is 42.0. The van der Waals surface area contributed by atoms with E-state index in [1.807, 2.05) is 6.92 Å². The van der Waals surface area contributed by atoms with Gasteiger partial charge < -0.3 is 124 Å². The molecule has 1 unspecified atom stereocenters. The average Bonchev–Trinajstić information content (AvgIpc) is 0.870. The molecule has 0 aromatic heterocycles. The number of carbonyl (C=O) groups is 16. The third kappa shape index (κ3) is 48.3. The van der Waals surface area contributed by atoms with Crippen molar-refractivity contribution in [3.8, 4) is 0 Å². The summed E-state index contributed by atoms with van der Waals surface area (Å²) in [7, 11) is 0. The van der Waals surface area contributed by atoms with Gasteiger partial charge in [-0.05, 0) is 201 Å². The van der Waals surface area contributed by atoms with Crippen LogP contribution in [0.25, 0.3) is 0 Å².